The summed E-state index contributed by atoms with van der Waals surface area (Å²) < 4.78 is 33.5. The Labute approximate surface area is 92.0 Å². The molecule has 0 spiro atoms. The molecule has 16 heavy (non-hydrogen) atoms. The Kier molecular flexibility index (Phi) is 4.22. The summed E-state index contributed by atoms with van der Waals surface area (Å²) in [5.41, 5.74) is 0.770. The van der Waals surface area contributed by atoms with Gasteiger partial charge in [-0.25, -0.2) is 13.6 Å². The Hall–Kier alpha value is -1.65. The maximum absolute atomic E-state index is 12.0. The van der Waals surface area contributed by atoms with Gasteiger partial charge in [0, 0.05) is 0 Å². The first-order valence-electron chi connectivity index (χ1n) is 4.65. The topological polar surface area (TPSA) is 35.5 Å². The van der Waals surface area contributed by atoms with E-state index in [0.717, 1.165) is 0 Å². The van der Waals surface area contributed by atoms with Gasteiger partial charge in [-0.15, -0.1) is 0 Å². The molecule has 0 aliphatic heterocycles. The molecule has 0 saturated carbocycles. The summed E-state index contributed by atoms with van der Waals surface area (Å²) in [6, 6.07) is 4.78. The van der Waals surface area contributed by atoms with Gasteiger partial charge in [0.2, 0.25) is 0 Å². The van der Waals surface area contributed by atoms with Crippen molar-refractivity contribution >= 4 is 5.97 Å². The van der Waals surface area contributed by atoms with E-state index in [1.54, 1.807) is 19.1 Å². The van der Waals surface area contributed by atoms with Crippen molar-refractivity contribution in [2.45, 2.75) is 13.3 Å². The average molecular weight is 230 g/mol. The zero-order valence-corrected chi connectivity index (χ0v) is 9.00. The Morgan fingerprint density at radius 3 is 2.69 bits per heavy atom. The molecule has 1 aromatic carbocycles. The molecule has 0 aliphatic carbocycles. The molecular formula is C11H12F2O3. The lowest BCUT2D eigenvalue weighted by Gasteiger charge is -2.12. The van der Waals surface area contributed by atoms with Crippen molar-refractivity contribution in [3.63, 3.8) is 0 Å². The second-order valence-corrected chi connectivity index (χ2v) is 3.15. The van der Waals surface area contributed by atoms with E-state index in [9.17, 15) is 13.6 Å². The number of methoxy groups -OCH3 is 1. The van der Waals surface area contributed by atoms with Gasteiger partial charge in [-0.2, -0.15) is 0 Å². The summed E-state index contributed by atoms with van der Waals surface area (Å²) in [6.45, 7) is 0.933. The van der Waals surface area contributed by atoms with Crippen molar-refractivity contribution in [1.82, 2.24) is 0 Å². The first kappa shape index (κ1) is 12.4. The van der Waals surface area contributed by atoms with Crippen molar-refractivity contribution in [1.29, 1.82) is 0 Å². The third-order valence-electron chi connectivity index (χ3n) is 1.97. The van der Waals surface area contributed by atoms with Crippen LogP contribution in [0, 0.1) is 6.92 Å². The van der Waals surface area contributed by atoms with Crippen molar-refractivity contribution in [3.05, 3.63) is 29.3 Å². The van der Waals surface area contributed by atoms with Crippen LogP contribution in [0.15, 0.2) is 18.2 Å². The fourth-order valence-corrected chi connectivity index (χ4v) is 1.26. The first-order valence-corrected chi connectivity index (χ1v) is 4.65. The van der Waals surface area contributed by atoms with Gasteiger partial charge < -0.3 is 9.47 Å². The lowest BCUT2D eigenvalue weighted by atomic mass is 10.1. The van der Waals surface area contributed by atoms with Crippen LogP contribution in [0.4, 0.5) is 8.78 Å². The lowest BCUT2D eigenvalue weighted by molar-refractivity contribution is 0.0577. The summed E-state index contributed by atoms with van der Waals surface area (Å²) in [4.78, 5) is 11.3. The largest absolute Gasteiger partial charge is 0.486 e. The number of ether oxygens (including phenoxy) is 2. The number of esters is 1. The number of halogens is 2. The molecule has 0 unspecified atom stereocenters. The van der Waals surface area contributed by atoms with E-state index >= 15 is 0 Å². The molecule has 0 saturated heterocycles. The Bertz CT molecular complexity index is 377. The number of rotatable bonds is 4. The molecule has 0 fully saturated rings. The Morgan fingerprint density at radius 1 is 1.44 bits per heavy atom. The third-order valence-corrected chi connectivity index (χ3v) is 1.97. The molecule has 0 heterocycles. The number of carbonyl (C=O) groups is 1. The van der Waals surface area contributed by atoms with Gasteiger partial charge in [-0.3, -0.25) is 0 Å². The fraction of sp³-hybridized carbons (Fsp3) is 0.364. The third kappa shape index (κ3) is 2.92. The smallest absolute Gasteiger partial charge is 0.341 e. The number of benzene rings is 1. The summed E-state index contributed by atoms with van der Waals surface area (Å²) in [5.74, 6) is -0.456. The maximum atomic E-state index is 12.0. The zero-order chi connectivity index (χ0) is 12.1. The summed E-state index contributed by atoms with van der Waals surface area (Å²) >= 11 is 0. The predicted octanol–water partition coefficient (Wildman–Crippen LogP) is 2.43. The molecular weight excluding hydrogens is 218 g/mol. The maximum Gasteiger partial charge on any atom is 0.341 e. The molecule has 0 amide bonds. The summed E-state index contributed by atoms with van der Waals surface area (Å²) in [7, 11) is 1.22. The van der Waals surface area contributed by atoms with E-state index in [0.29, 0.717) is 5.56 Å². The van der Waals surface area contributed by atoms with E-state index in [-0.39, 0.29) is 11.3 Å². The van der Waals surface area contributed by atoms with Crippen LogP contribution in [-0.2, 0) is 4.74 Å². The number of para-hydroxylation sites is 1. The van der Waals surface area contributed by atoms with Crippen LogP contribution in [0.2, 0.25) is 0 Å². The number of aryl methyl sites for hydroxylation is 1. The molecule has 3 nitrogen and oxygen atoms in total. The predicted molar refractivity (Wildman–Crippen MR) is 54.0 cm³/mol. The van der Waals surface area contributed by atoms with E-state index in [1.165, 1.54) is 13.2 Å². The summed E-state index contributed by atoms with van der Waals surface area (Å²) in [5, 5.41) is 0. The van der Waals surface area contributed by atoms with Crippen molar-refractivity contribution in [3.8, 4) is 5.75 Å². The second kappa shape index (κ2) is 5.44. The minimum absolute atomic E-state index is 0.148. The van der Waals surface area contributed by atoms with Crippen LogP contribution in [0.3, 0.4) is 0 Å². The molecule has 0 aromatic heterocycles. The number of hydrogen-bond donors (Lipinski definition) is 0. The molecule has 1 rings (SSSR count). The number of alkyl halides is 2. The molecule has 88 valence electrons. The van der Waals surface area contributed by atoms with E-state index in [1.807, 2.05) is 0 Å². The van der Waals surface area contributed by atoms with Crippen LogP contribution in [0.1, 0.15) is 15.9 Å². The average Bonchev–Trinajstić information content (AvgIpc) is 2.25. The van der Waals surface area contributed by atoms with E-state index in [4.69, 9.17) is 4.74 Å². The quantitative estimate of drug-likeness (QED) is 0.745. The molecule has 0 N–H and O–H groups in total. The Morgan fingerprint density at radius 2 is 2.12 bits per heavy atom. The highest BCUT2D eigenvalue weighted by molar-refractivity contribution is 5.92. The van der Waals surface area contributed by atoms with Crippen LogP contribution in [0.5, 0.6) is 5.75 Å². The number of hydrogen-bond acceptors (Lipinski definition) is 3. The van der Waals surface area contributed by atoms with E-state index < -0.39 is 19.0 Å². The Balaban J connectivity index is 2.99. The molecule has 0 bridgehead atoms. The highest BCUT2D eigenvalue weighted by Crippen LogP contribution is 2.24. The molecule has 1 aromatic rings. The van der Waals surface area contributed by atoms with Gasteiger partial charge in [-0.1, -0.05) is 12.1 Å². The molecule has 0 atom stereocenters. The SMILES string of the molecule is COC(=O)c1cccc(C)c1OCC(F)F. The minimum atomic E-state index is -2.58. The van der Waals surface area contributed by atoms with Crippen LogP contribution in [-0.4, -0.2) is 26.1 Å². The first-order chi connectivity index (χ1) is 7.56. The van der Waals surface area contributed by atoms with Crippen molar-refractivity contribution in [2.75, 3.05) is 13.7 Å². The highest BCUT2D eigenvalue weighted by Gasteiger charge is 2.16. The lowest BCUT2D eigenvalue weighted by Crippen LogP contribution is -2.12. The highest BCUT2D eigenvalue weighted by atomic mass is 19.3. The van der Waals surface area contributed by atoms with E-state index in [2.05, 4.69) is 4.74 Å². The molecule has 0 radical (unpaired) electrons. The van der Waals surface area contributed by atoms with Gasteiger partial charge in [0.25, 0.3) is 6.43 Å². The zero-order valence-electron chi connectivity index (χ0n) is 9.00. The van der Waals surface area contributed by atoms with Crippen LogP contribution < -0.4 is 4.74 Å². The minimum Gasteiger partial charge on any atom is -0.486 e. The summed E-state index contributed by atoms with van der Waals surface area (Å²) in [6.07, 6.45) is -2.58. The van der Waals surface area contributed by atoms with Crippen LogP contribution in [0.25, 0.3) is 0 Å². The monoisotopic (exact) mass is 230 g/mol. The van der Waals surface area contributed by atoms with Crippen molar-refractivity contribution < 1.29 is 23.0 Å². The van der Waals surface area contributed by atoms with Gasteiger partial charge in [-0.05, 0) is 18.6 Å². The standard InChI is InChI=1S/C11H12F2O3/c1-7-4-3-5-8(11(14)15-2)10(7)16-6-9(12)13/h3-5,9H,6H2,1-2H3. The van der Waals surface area contributed by atoms with Gasteiger partial charge in [0.05, 0.1) is 7.11 Å². The van der Waals surface area contributed by atoms with Crippen molar-refractivity contribution in [2.24, 2.45) is 0 Å². The second-order valence-electron chi connectivity index (χ2n) is 3.15. The van der Waals surface area contributed by atoms with Gasteiger partial charge in [0.1, 0.15) is 17.9 Å². The normalized spacial score (nSPS) is 10.3. The van der Waals surface area contributed by atoms with Crippen LogP contribution >= 0.6 is 0 Å². The molecule has 5 heteroatoms. The number of carbonyl (C=O) groups excluding carboxylic acids is 1. The van der Waals surface area contributed by atoms with Gasteiger partial charge >= 0.3 is 5.97 Å². The van der Waals surface area contributed by atoms with Gasteiger partial charge in [0.15, 0.2) is 0 Å². The molecule has 0 aliphatic rings. The fourth-order valence-electron chi connectivity index (χ4n) is 1.26.